The van der Waals surface area contributed by atoms with Crippen molar-refractivity contribution in [2.75, 3.05) is 7.11 Å². The van der Waals surface area contributed by atoms with Gasteiger partial charge in [-0.2, -0.15) is 5.10 Å². The molecule has 6 heteroatoms. The molecule has 0 aliphatic carbocycles. The van der Waals surface area contributed by atoms with Crippen LogP contribution in [0, 0.1) is 11.6 Å². The second-order valence-corrected chi connectivity index (χ2v) is 3.87. The molecule has 0 aliphatic heterocycles. The topological polar surface area (TPSA) is 53.1 Å². The van der Waals surface area contributed by atoms with Gasteiger partial charge in [0.2, 0.25) is 0 Å². The van der Waals surface area contributed by atoms with Crippen LogP contribution in [0.2, 0.25) is 0 Å². The minimum Gasteiger partial charge on any atom is -0.493 e. The van der Waals surface area contributed by atoms with Gasteiger partial charge < -0.3 is 10.5 Å². The Hall–Kier alpha value is -1.95. The van der Waals surface area contributed by atoms with Gasteiger partial charge in [-0.1, -0.05) is 6.07 Å². The predicted molar refractivity (Wildman–Crippen MR) is 62.1 cm³/mol. The molecule has 1 aromatic heterocycles. The van der Waals surface area contributed by atoms with Gasteiger partial charge >= 0.3 is 0 Å². The third-order valence-electron chi connectivity index (χ3n) is 2.77. The monoisotopic (exact) mass is 253 g/mol. The molecule has 0 radical (unpaired) electrons. The van der Waals surface area contributed by atoms with E-state index in [0.717, 1.165) is 12.1 Å². The Morgan fingerprint density at radius 1 is 1.33 bits per heavy atom. The summed E-state index contributed by atoms with van der Waals surface area (Å²) in [5.41, 5.74) is 7.08. The van der Waals surface area contributed by atoms with Gasteiger partial charge in [0.15, 0.2) is 17.4 Å². The van der Waals surface area contributed by atoms with E-state index in [1.165, 1.54) is 19.4 Å². The molecule has 1 aromatic carbocycles. The van der Waals surface area contributed by atoms with Crippen LogP contribution in [0.25, 0.3) is 0 Å². The Morgan fingerprint density at radius 3 is 2.67 bits per heavy atom. The molecular weight excluding hydrogens is 240 g/mol. The highest BCUT2D eigenvalue weighted by atomic mass is 19.2. The summed E-state index contributed by atoms with van der Waals surface area (Å²) < 4.78 is 32.7. The van der Waals surface area contributed by atoms with Crippen LogP contribution in [0.5, 0.6) is 5.75 Å². The summed E-state index contributed by atoms with van der Waals surface area (Å²) in [7, 11) is 3.20. The zero-order chi connectivity index (χ0) is 13.3. The Balaban J connectivity index is 2.44. The lowest BCUT2D eigenvalue weighted by molar-refractivity contribution is 0.405. The summed E-state index contributed by atoms with van der Waals surface area (Å²) in [6.07, 6.45) is 1.52. The second kappa shape index (κ2) is 4.73. The third kappa shape index (κ3) is 2.06. The number of halogens is 2. The molecule has 0 aliphatic rings. The number of rotatable bonds is 3. The molecule has 1 atom stereocenters. The number of nitrogens with two attached hydrogens (primary N) is 1. The minimum atomic E-state index is -0.927. The molecule has 1 unspecified atom stereocenters. The smallest absolute Gasteiger partial charge is 0.161 e. The van der Waals surface area contributed by atoms with Gasteiger partial charge in [-0.25, -0.2) is 8.78 Å². The van der Waals surface area contributed by atoms with Crippen LogP contribution >= 0.6 is 0 Å². The lowest BCUT2D eigenvalue weighted by Gasteiger charge is -2.14. The summed E-state index contributed by atoms with van der Waals surface area (Å²) >= 11 is 0. The molecule has 0 saturated heterocycles. The van der Waals surface area contributed by atoms with Crippen LogP contribution in [0.1, 0.15) is 17.3 Å². The van der Waals surface area contributed by atoms with E-state index in [9.17, 15) is 8.78 Å². The van der Waals surface area contributed by atoms with E-state index >= 15 is 0 Å². The van der Waals surface area contributed by atoms with E-state index in [4.69, 9.17) is 10.5 Å². The predicted octanol–water partition coefficient (Wildman–Crippen LogP) is 1.75. The van der Waals surface area contributed by atoms with Crippen molar-refractivity contribution < 1.29 is 13.5 Å². The Kier molecular flexibility index (Phi) is 3.29. The van der Waals surface area contributed by atoms with Gasteiger partial charge in [0.05, 0.1) is 19.3 Å². The molecular formula is C12H13F2N3O. The van der Waals surface area contributed by atoms with Gasteiger partial charge in [0, 0.05) is 7.05 Å². The van der Waals surface area contributed by atoms with Crippen LogP contribution in [-0.2, 0) is 7.05 Å². The summed E-state index contributed by atoms with van der Waals surface area (Å²) in [5.74, 6) is -1.32. The lowest BCUT2D eigenvalue weighted by atomic mass is 10.0. The van der Waals surface area contributed by atoms with Crippen LogP contribution in [0.3, 0.4) is 0 Å². The summed E-state index contributed by atoms with van der Waals surface area (Å²) in [6.45, 7) is 0. The molecule has 96 valence electrons. The highest BCUT2D eigenvalue weighted by Gasteiger charge is 2.19. The largest absolute Gasteiger partial charge is 0.493 e. The molecule has 0 spiro atoms. The highest BCUT2D eigenvalue weighted by Crippen LogP contribution is 2.28. The number of aromatic nitrogens is 2. The molecule has 2 rings (SSSR count). The molecule has 0 bridgehead atoms. The summed E-state index contributed by atoms with van der Waals surface area (Å²) in [6, 6.07) is 2.93. The van der Waals surface area contributed by atoms with Crippen molar-refractivity contribution in [2.24, 2.45) is 12.8 Å². The molecule has 0 fully saturated rings. The summed E-state index contributed by atoms with van der Waals surface area (Å²) in [5, 5.41) is 4.02. The van der Waals surface area contributed by atoms with Crippen LogP contribution < -0.4 is 10.5 Å². The van der Waals surface area contributed by atoms with Gasteiger partial charge in [0.25, 0.3) is 0 Å². The third-order valence-corrected chi connectivity index (χ3v) is 2.77. The first-order valence-electron chi connectivity index (χ1n) is 5.31. The molecule has 1 heterocycles. The lowest BCUT2D eigenvalue weighted by Crippen LogP contribution is -2.17. The number of aryl methyl sites for hydroxylation is 1. The number of nitrogens with zero attached hydrogens (tertiary/aromatic N) is 2. The van der Waals surface area contributed by atoms with E-state index in [0.29, 0.717) is 17.0 Å². The Bertz CT molecular complexity index is 568. The number of ether oxygens (including phenoxy) is 1. The molecule has 4 nitrogen and oxygen atoms in total. The zero-order valence-corrected chi connectivity index (χ0v) is 10.0. The normalized spacial score (nSPS) is 12.5. The maximum absolute atomic E-state index is 13.2. The number of methoxy groups -OCH3 is 1. The summed E-state index contributed by atoms with van der Waals surface area (Å²) in [4.78, 5) is 0. The molecule has 18 heavy (non-hydrogen) atoms. The van der Waals surface area contributed by atoms with E-state index in [2.05, 4.69) is 5.10 Å². The fourth-order valence-electron chi connectivity index (χ4n) is 1.80. The molecule has 0 amide bonds. The first kappa shape index (κ1) is 12.5. The van der Waals surface area contributed by atoms with Crippen molar-refractivity contribution in [1.29, 1.82) is 0 Å². The van der Waals surface area contributed by atoms with E-state index in [-0.39, 0.29) is 0 Å². The van der Waals surface area contributed by atoms with Crippen LogP contribution in [0.15, 0.2) is 24.4 Å². The number of benzene rings is 1. The molecule has 0 saturated carbocycles. The SMILES string of the molecule is COc1cnn(C)c1C(N)c1ccc(F)c(F)c1. The standard InChI is InChI=1S/C12H13F2N3O/c1-17-12(10(18-2)6-16-17)11(15)7-3-4-8(13)9(14)5-7/h3-6,11H,15H2,1-2H3. The molecule has 2 aromatic rings. The van der Waals surface area contributed by atoms with Crippen molar-refractivity contribution in [3.8, 4) is 5.75 Å². The van der Waals surface area contributed by atoms with Gasteiger partial charge in [-0.15, -0.1) is 0 Å². The zero-order valence-electron chi connectivity index (χ0n) is 10.0. The highest BCUT2D eigenvalue weighted by molar-refractivity contribution is 5.36. The minimum absolute atomic E-state index is 0.454. The van der Waals surface area contributed by atoms with Crippen LogP contribution in [0.4, 0.5) is 8.78 Å². The van der Waals surface area contributed by atoms with E-state index < -0.39 is 17.7 Å². The fraction of sp³-hybridized carbons (Fsp3) is 0.250. The first-order chi connectivity index (χ1) is 8.54. The van der Waals surface area contributed by atoms with E-state index in [1.807, 2.05) is 0 Å². The quantitative estimate of drug-likeness (QED) is 0.906. The van der Waals surface area contributed by atoms with Crippen molar-refractivity contribution in [2.45, 2.75) is 6.04 Å². The van der Waals surface area contributed by atoms with E-state index in [1.54, 1.807) is 11.7 Å². The van der Waals surface area contributed by atoms with Gasteiger partial charge in [-0.05, 0) is 17.7 Å². The second-order valence-electron chi connectivity index (χ2n) is 3.87. The average molecular weight is 253 g/mol. The van der Waals surface area contributed by atoms with Gasteiger partial charge in [0.1, 0.15) is 5.69 Å². The molecule has 2 N–H and O–H groups in total. The van der Waals surface area contributed by atoms with Crippen molar-refractivity contribution in [3.63, 3.8) is 0 Å². The van der Waals surface area contributed by atoms with Crippen molar-refractivity contribution in [3.05, 3.63) is 47.3 Å². The average Bonchev–Trinajstić information content (AvgIpc) is 2.73. The van der Waals surface area contributed by atoms with Gasteiger partial charge in [-0.3, -0.25) is 4.68 Å². The maximum atomic E-state index is 13.2. The first-order valence-corrected chi connectivity index (χ1v) is 5.31. The van der Waals surface area contributed by atoms with Crippen molar-refractivity contribution >= 4 is 0 Å². The maximum Gasteiger partial charge on any atom is 0.161 e. The Labute approximate surface area is 103 Å². The fourth-order valence-corrected chi connectivity index (χ4v) is 1.80. The number of hydrogen-bond acceptors (Lipinski definition) is 3. The van der Waals surface area contributed by atoms with Crippen molar-refractivity contribution in [1.82, 2.24) is 9.78 Å². The number of hydrogen-bond donors (Lipinski definition) is 1. The van der Waals surface area contributed by atoms with Crippen LogP contribution in [-0.4, -0.2) is 16.9 Å². The Morgan fingerprint density at radius 2 is 2.06 bits per heavy atom.